The van der Waals surface area contributed by atoms with Crippen LogP contribution in [0.15, 0.2) is 78.2 Å². The number of allylic oxidation sites excluding steroid dienone is 3. The van der Waals surface area contributed by atoms with Crippen LogP contribution in [-0.4, -0.2) is 0 Å². The topological polar surface area (TPSA) is 18.5 Å². The Kier molecular flexibility index (Phi) is 16.8. The quantitative estimate of drug-likeness (QED) is 0.114. The van der Waals surface area contributed by atoms with Gasteiger partial charge in [-0.25, -0.2) is 0 Å². The Morgan fingerprint density at radius 1 is 0.882 bits per heavy atom. The Bertz CT molecular complexity index is 792. The van der Waals surface area contributed by atoms with Gasteiger partial charge in [0.25, 0.3) is 0 Å². The van der Waals surface area contributed by atoms with E-state index < -0.39 is 0 Å². The Labute approximate surface area is 211 Å². The third-order valence-electron chi connectivity index (χ3n) is 6.78. The van der Waals surface area contributed by atoms with Crippen LogP contribution < -0.4 is 0 Å². The Morgan fingerprint density at radius 3 is 1.94 bits per heavy atom. The van der Waals surface area contributed by atoms with Gasteiger partial charge in [-0.05, 0) is 60.8 Å². The van der Waals surface area contributed by atoms with Gasteiger partial charge >= 0.3 is 0 Å². The van der Waals surface area contributed by atoms with Crippen LogP contribution in [0.25, 0.3) is 0 Å². The highest BCUT2D eigenvalue weighted by Crippen LogP contribution is 2.50. The molecule has 2 heteroatoms. The molecule has 0 spiro atoms. The summed E-state index contributed by atoms with van der Waals surface area (Å²) in [5.74, 6) is 1.59. The van der Waals surface area contributed by atoms with Crippen molar-refractivity contribution in [3.63, 3.8) is 0 Å². The average Bonchev–Trinajstić information content (AvgIpc) is 2.83. The average molecular weight is 467 g/mol. The highest BCUT2D eigenvalue weighted by Gasteiger charge is 2.39. The molecule has 190 valence electrons. The SMILES string of the molecule is C=COC=C=C=C=COC(=C(CCC)CCC)C(CCCC)C(=C)C(CC)(CC)C(=C)C(C)C. The number of hydrogen-bond donors (Lipinski definition) is 0. The highest BCUT2D eigenvalue weighted by atomic mass is 16.5. The molecule has 0 heterocycles. The van der Waals surface area contributed by atoms with Crippen molar-refractivity contribution in [2.45, 2.75) is 106 Å². The Hall–Kier alpha value is -2.36. The second-order valence-corrected chi connectivity index (χ2v) is 9.23. The van der Waals surface area contributed by atoms with Crippen LogP contribution in [0.4, 0.5) is 0 Å². The highest BCUT2D eigenvalue weighted by molar-refractivity contribution is 5.34. The molecule has 0 aliphatic heterocycles. The summed E-state index contributed by atoms with van der Waals surface area (Å²) in [5.41, 5.74) is 12.3. The summed E-state index contributed by atoms with van der Waals surface area (Å²) >= 11 is 0. The normalized spacial score (nSPS) is 11.4. The molecule has 0 aromatic rings. The fraction of sp³-hybridized carbons (Fsp3) is 0.594. The second kappa shape index (κ2) is 18.0. The summed E-state index contributed by atoms with van der Waals surface area (Å²) in [6, 6.07) is 0. The standard InChI is InChI=1S/C32H50O2/c1-11-17-23-30(28(10)32(14-4,15-5)27(9)26(7)8)31(29(21-12-2)22-13-3)34-25-20-18-19-24-33-16-6/h16,24-26,30H,6,9-15,17,21-23H2,1-5,7-8H3. The van der Waals surface area contributed by atoms with E-state index in [2.05, 4.69) is 78.8 Å². The van der Waals surface area contributed by atoms with Crippen molar-refractivity contribution in [3.8, 4) is 0 Å². The fourth-order valence-electron chi connectivity index (χ4n) is 4.78. The third kappa shape index (κ3) is 9.48. The molecular weight excluding hydrogens is 416 g/mol. The van der Waals surface area contributed by atoms with Gasteiger partial charge < -0.3 is 9.47 Å². The van der Waals surface area contributed by atoms with Gasteiger partial charge in [-0.15, -0.1) is 0 Å². The van der Waals surface area contributed by atoms with Gasteiger partial charge in [0.2, 0.25) is 0 Å². The lowest BCUT2D eigenvalue weighted by Gasteiger charge is -2.42. The van der Waals surface area contributed by atoms with Crippen molar-refractivity contribution in [2.24, 2.45) is 17.3 Å². The minimum absolute atomic E-state index is 0.102. The van der Waals surface area contributed by atoms with Gasteiger partial charge in [-0.1, -0.05) is 105 Å². The molecule has 34 heavy (non-hydrogen) atoms. The van der Waals surface area contributed by atoms with E-state index in [9.17, 15) is 0 Å². The number of rotatable bonds is 18. The van der Waals surface area contributed by atoms with Gasteiger partial charge in [0.1, 0.15) is 18.3 Å². The molecule has 0 saturated carbocycles. The zero-order valence-electron chi connectivity index (χ0n) is 23.2. The van der Waals surface area contributed by atoms with Crippen LogP contribution in [0, 0.1) is 17.3 Å². The van der Waals surface area contributed by atoms with Crippen molar-refractivity contribution in [2.75, 3.05) is 0 Å². The summed E-state index contributed by atoms with van der Waals surface area (Å²) in [5, 5.41) is 0. The van der Waals surface area contributed by atoms with E-state index in [0.717, 1.165) is 63.5 Å². The maximum atomic E-state index is 6.40. The first-order chi connectivity index (χ1) is 16.3. The lowest BCUT2D eigenvalue weighted by molar-refractivity contribution is 0.253. The van der Waals surface area contributed by atoms with Gasteiger partial charge in [-0.3, -0.25) is 0 Å². The molecule has 0 aromatic heterocycles. The van der Waals surface area contributed by atoms with Crippen LogP contribution in [0.1, 0.15) is 106 Å². The van der Waals surface area contributed by atoms with Crippen molar-refractivity contribution in [1.82, 2.24) is 0 Å². The molecule has 0 bridgehead atoms. The first-order valence-electron chi connectivity index (χ1n) is 13.2. The summed E-state index contributed by atoms with van der Waals surface area (Å²) in [4.78, 5) is 0. The Morgan fingerprint density at radius 2 is 1.47 bits per heavy atom. The number of ether oxygens (including phenoxy) is 2. The van der Waals surface area contributed by atoms with E-state index in [-0.39, 0.29) is 11.3 Å². The van der Waals surface area contributed by atoms with Crippen LogP contribution in [0.3, 0.4) is 0 Å². The van der Waals surface area contributed by atoms with Crippen molar-refractivity contribution < 1.29 is 9.47 Å². The summed E-state index contributed by atoms with van der Waals surface area (Å²) in [7, 11) is 0. The van der Waals surface area contributed by atoms with E-state index >= 15 is 0 Å². The van der Waals surface area contributed by atoms with Crippen LogP contribution in [-0.2, 0) is 9.47 Å². The number of hydrogen-bond acceptors (Lipinski definition) is 2. The fourth-order valence-corrected chi connectivity index (χ4v) is 4.78. The molecule has 0 amide bonds. The Balaban J connectivity index is 6.76. The molecular formula is C32H50O2. The smallest absolute Gasteiger partial charge is 0.141 e. The van der Waals surface area contributed by atoms with Crippen molar-refractivity contribution >= 4 is 0 Å². The zero-order chi connectivity index (χ0) is 26.0. The molecule has 0 fully saturated rings. The van der Waals surface area contributed by atoms with Gasteiger partial charge in [0.05, 0.1) is 6.26 Å². The van der Waals surface area contributed by atoms with E-state index in [0.29, 0.717) is 5.92 Å². The van der Waals surface area contributed by atoms with E-state index in [4.69, 9.17) is 16.1 Å². The van der Waals surface area contributed by atoms with Gasteiger partial charge in [-0.2, -0.15) is 0 Å². The molecule has 0 aliphatic rings. The molecule has 0 aliphatic carbocycles. The molecule has 0 aromatic carbocycles. The van der Waals surface area contributed by atoms with Gasteiger partial charge in [0.15, 0.2) is 0 Å². The maximum absolute atomic E-state index is 6.40. The first-order valence-corrected chi connectivity index (χ1v) is 13.2. The molecule has 0 N–H and O–H groups in total. The lowest BCUT2D eigenvalue weighted by atomic mass is 9.63. The van der Waals surface area contributed by atoms with Gasteiger partial charge in [0, 0.05) is 11.3 Å². The van der Waals surface area contributed by atoms with E-state index in [1.165, 1.54) is 29.2 Å². The van der Waals surface area contributed by atoms with E-state index in [1.807, 2.05) is 0 Å². The van der Waals surface area contributed by atoms with Crippen molar-refractivity contribution in [3.05, 3.63) is 78.2 Å². The maximum Gasteiger partial charge on any atom is 0.141 e. The summed E-state index contributed by atoms with van der Waals surface area (Å²) in [6.07, 6.45) is 13.8. The lowest BCUT2D eigenvalue weighted by Crippen LogP contribution is -2.31. The molecule has 0 rings (SSSR count). The minimum Gasteiger partial charge on any atom is -0.464 e. The molecule has 0 saturated heterocycles. The van der Waals surface area contributed by atoms with Crippen LogP contribution in [0.5, 0.6) is 0 Å². The van der Waals surface area contributed by atoms with E-state index in [1.54, 1.807) is 6.26 Å². The predicted octanol–water partition coefficient (Wildman–Crippen LogP) is 10.3. The number of unbranched alkanes of at least 4 members (excludes halogenated alkanes) is 1. The largest absolute Gasteiger partial charge is 0.464 e. The molecule has 1 unspecified atom stereocenters. The minimum atomic E-state index is -0.102. The second-order valence-electron chi connectivity index (χ2n) is 9.23. The molecule has 1 atom stereocenters. The summed E-state index contributed by atoms with van der Waals surface area (Å²) < 4.78 is 11.3. The molecule has 2 nitrogen and oxygen atoms in total. The predicted molar refractivity (Wildman–Crippen MR) is 148 cm³/mol. The first kappa shape index (κ1) is 31.6. The molecule has 0 radical (unpaired) electrons. The zero-order valence-corrected chi connectivity index (χ0v) is 23.2. The third-order valence-corrected chi connectivity index (χ3v) is 6.78. The van der Waals surface area contributed by atoms with Crippen LogP contribution >= 0.6 is 0 Å². The summed E-state index contributed by atoms with van der Waals surface area (Å²) in [6.45, 7) is 28.6. The monoisotopic (exact) mass is 466 g/mol. The van der Waals surface area contributed by atoms with Crippen molar-refractivity contribution in [1.29, 1.82) is 0 Å². The van der Waals surface area contributed by atoms with Crippen LogP contribution in [0.2, 0.25) is 0 Å².